The van der Waals surface area contributed by atoms with E-state index in [2.05, 4.69) is 33.9 Å². The highest BCUT2D eigenvalue weighted by Gasteiger charge is 2.05. The first-order valence-electron chi connectivity index (χ1n) is 3.82. The lowest BCUT2D eigenvalue weighted by atomic mass is 10.3. The van der Waals surface area contributed by atoms with Crippen molar-refractivity contribution < 1.29 is 4.74 Å². The molecule has 3 heteroatoms. The van der Waals surface area contributed by atoms with Gasteiger partial charge >= 0.3 is 0 Å². The fourth-order valence-electron chi connectivity index (χ4n) is 0.778. The molecular formula is C8H12BrNO. The molecule has 62 valence electrons. The fourth-order valence-corrected chi connectivity index (χ4v) is 1.08. The number of hydrogen-bond donors (Lipinski definition) is 0. The van der Waals surface area contributed by atoms with Crippen molar-refractivity contribution in [2.75, 3.05) is 13.2 Å². The van der Waals surface area contributed by atoms with Crippen molar-refractivity contribution in [2.24, 2.45) is 4.99 Å². The van der Waals surface area contributed by atoms with Crippen LogP contribution >= 0.6 is 15.9 Å². The molecule has 1 rings (SSSR count). The van der Waals surface area contributed by atoms with E-state index >= 15 is 0 Å². The average molecular weight is 218 g/mol. The Bertz CT molecular complexity index is 177. The first-order chi connectivity index (χ1) is 5.33. The highest BCUT2D eigenvalue weighted by atomic mass is 79.9. The topological polar surface area (TPSA) is 21.6 Å². The molecule has 1 aliphatic heterocycles. The lowest BCUT2D eigenvalue weighted by molar-refractivity contribution is 0.305. The summed E-state index contributed by atoms with van der Waals surface area (Å²) in [7, 11) is 0. The predicted octanol–water partition coefficient (Wildman–Crippen LogP) is 2.14. The van der Waals surface area contributed by atoms with Gasteiger partial charge in [-0.2, -0.15) is 0 Å². The van der Waals surface area contributed by atoms with Crippen LogP contribution < -0.4 is 0 Å². The second kappa shape index (κ2) is 4.54. The Morgan fingerprint density at radius 3 is 3.18 bits per heavy atom. The van der Waals surface area contributed by atoms with E-state index < -0.39 is 0 Å². The van der Waals surface area contributed by atoms with E-state index in [4.69, 9.17) is 4.74 Å². The number of hydrogen-bond acceptors (Lipinski definition) is 2. The summed E-state index contributed by atoms with van der Waals surface area (Å²) in [6.07, 6.45) is 5.00. The first kappa shape index (κ1) is 8.78. The van der Waals surface area contributed by atoms with E-state index in [1.165, 1.54) is 0 Å². The van der Waals surface area contributed by atoms with Crippen molar-refractivity contribution in [3.8, 4) is 0 Å². The van der Waals surface area contributed by atoms with Crippen LogP contribution in [0.1, 0.15) is 13.3 Å². The first-order valence-corrected chi connectivity index (χ1v) is 4.74. The van der Waals surface area contributed by atoms with Crippen molar-refractivity contribution in [1.82, 2.24) is 0 Å². The summed E-state index contributed by atoms with van der Waals surface area (Å²) in [6, 6.07) is 0. The normalized spacial score (nSPS) is 23.1. The quantitative estimate of drug-likeness (QED) is 0.650. The van der Waals surface area contributed by atoms with E-state index in [0.29, 0.717) is 4.83 Å². The molecule has 1 aliphatic rings. The van der Waals surface area contributed by atoms with Crippen molar-refractivity contribution in [1.29, 1.82) is 0 Å². The molecule has 0 amide bonds. The summed E-state index contributed by atoms with van der Waals surface area (Å²) < 4.78 is 5.32. The van der Waals surface area contributed by atoms with Gasteiger partial charge in [-0.3, -0.25) is 4.99 Å². The zero-order valence-corrected chi connectivity index (χ0v) is 8.17. The molecule has 0 spiro atoms. The summed E-state index contributed by atoms with van der Waals surface area (Å²) in [6.45, 7) is 3.63. The Kier molecular flexibility index (Phi) is 3.63. The molecule has 0 aromatic rings. The molecule has 1 unspecified atom stereocenters. The molecule has 0 bridgehead atoms. The zero-order chi connectivity index (χ0) is 8.10. The van der Waals surface area contributed by atoms with Gasteiger partial charge in [-0.15, -0.1) is 0 Å². The summed E-state index contributed by atoms with van der Waals surface area (Å²) >= 11 is 3.43. The fraction of sp³-hybridized carbons (Fsp3) is 0.625. The lowest BCUT2D eigenvalue weighted by Crippen LogP contribution is -2.12. The molecule has 0 aliphatic carbocycles. The third-order valence-corrected chi connectivity index (χ3v) is 1.92. The van der Waals surface area contributed by atoms with Gasteiger partial charge in [0.25, 0.3) is 0 Å². The van der Waals surface area contributed by atoms with Crippen LogP contribution in [0, 0.1) is 0 Å². The van der Waals surface area contributed by atoms with Crippen molar-refractivity contribution in [2.45, 2.75) is 18.2 Å². The standard InChI is InChI=1S/C8H12BrNO/c1-2-5-11-8-4-3-7(9)6-10-8/h3-4,7H,2,5-6H2,1H3. The maximum absolute atomic E-state index is 5.32. The minimum Gasteiger partial charge on any atom is -0.478 e. The molecule has 0 fully saturated rings. The number of dihydropyridines is 1. The van der Waals surface area contributed by atoms with Crippen LogP contribution in [0.4, 0.5) is 0 Å². The third-order valence-electron chi connectivity index (χ3n) is 1.32. The predicted molar refractivity (Wildman–Crippen MR) is 50.4 cm³/mol. The number of ether oxygens (including phenoxy) is 1. The number of alkyl halides is 1. The van der Waals surface area contributed by atoms with Crippen LogP contribution in [-0.2, 0) is 4.74 Å². The van der Waals surface area contributed by atoms with Crippen LogP contribution in [0.15, 0.2) is 17.1 Å². The van der Waals surface area contributed by atoms with Crippen LogP contribution in [0.25, 0.3) is 0 Å². The van der Waals surface area contributed by atoms with Gasteiger partial charge in [0.05, 0.1) is 18.0 Å². The Morgan fingerprint density at radius 2 is 2.64 bits per heavy atom. The van der Waals surface area contributed by atoms with Gasteiger partial charge in [-0.1, -0.05) is 28.9 Å². The van der Waals surface area contributed by atoms with Crippen molar-refractivity contribution in [3.05, 3.63) is 12.2 Å². The molecule has 0 N–H and O–H groups in total. The van der Waals surface area contributed by atoms with Crippen LogP contribution in [0.5, 0.6) is 0 Å². The number of aliphatic imine (C=N–C) groups is 1. The Balaban J connectivity index is 2.31. The molecule has 1 heterocycles. The molecule has 2 nitrogen and oxygen atoms in total. The number of nitrogens with zero attached hydrogens (tertiary/aromatic N) is 1. The molecule has 0 aromatic carbocycles. The maximum atomic E-state index is 5.32. The van der Waals surface area contributed by atoms with Gasteiger partial charge in [-0.25, -0.2) is 0 Å². The smallest absolute Gasteiger partial charge is 0.208 e. The average Bonchev–Trinajstić information content (AvgIpc) is 2.04. The minimum absolute atomic E-state index is 0.386. The monoisotopic (exact) mass is 217 g/mol. The maximum Gasteiger partial charge on any atom is 0.208 e. The molecule has 0 radical (unpaired) electrons. The van der Waals surface area contributed by atoms with E-state index in [1.807, 2.05) is 6.08 Å². The van der Waals surface area contributed by atoms with E-state index in [0.717, 1.165) is 25.5 Å². The summed E-state index contributed by atoms with van der Waals surface area (Å²) in [5, 5.41) is 0. The third kappa shape index (κ3) is 3.06. The largest absolute Gasteiger partial charge is 0.478 e. The molecule has 0 saturated carbocycles. The van der Waals surface area contributed by atoms with Crippen LogP contribution in [0.2, 0.25) is 0 Å². The molecule has 1 atom stereocenters. The van der Waals surface area contributed by atoms with Gasteiger partial charge in [-0.05, 0) is 12.5 Å². The number of rotatable bonds is 2. The van der Waals surface area contributed by atoms with Gasteiger partial charge in [0, 0.05) is 0 Å². The highest BCUT2D eigenvalue weighted by molar-refractivity contribution is 9.09. The van der Waals surface area contributed by atoms with Crippen LogP contribution in [-0.4, -0.2) is 23.9 Å². The van der Waals surface area contributed by atoms with E-state index in [-0.39, 0.29) is 0 Å². The SMILES string of the molecule is CCCOC1=NCC(Br)C=C1. The lowest BCUT2D eigenvalue weighted by Gasteiger charge is -2.10. The van der Waals surface area contributed by atoms with Crippen LogP contribution in [0.3, 0.4) is 0 Å². The molecule has 0 aromatic heterocycles. The zero-order valence-electron chi connectivity index (χ0n) is 6.59. The van der Waals surface area contributed by atoms with Gasteiger partial charge < -0.3 is 4.74 Å². The Morgan fingerprint density at radius 1 is 1.82 bits per heavy atom. The number of halogens is 1. The second-order valence-electron chi connectivity index (χ2n) is 2.40. The summed E-state index contributed by atoms with van der Waals surface area (Å²) in [5.41, 5.74) is 0. The van der Waals surface area contributed by atoms with E-state index in [9.17, 15) is 0 Å². The van der Waals surface area contributed by atoms with Gasteiger partial charge in [0.2, 0.25) is 5.90 Å². The van der Waals surface area contributed by atoms with E-state index in [1.54, 1.807) is 0 Å². The van der Waals surface area contributed by atoms with Crippen molar-refractivity contribution in [3.63, 3.8) is 0 Å². The van der Waals surface area contributed by atoms with Gasteiger partial charge in [0.1, 0.15) is 0 Å². The second-order valence-corrected chi connectivity index (χ2v) is 3.58. The molecule has 11 heavy (non-hydrogen) atoms. The Labute approximate surface area is 75.5 Å². The molecular weight excluding hydrogens is 206 g/mol. The Hall–Kier alpha value is -0.310. The summed E-state index contributed by atoms with van der Waals surface area (Å²) in [5.74, 6) is 0.766. The van der Waals surface area contributed by atoms with Crippen molar-refractivity contribution >= 4 is 21.8 Å². The summed E-state index contributed by atoms with van der Waals surface area (Å²) in [4.78, 5) is 4.59. The molecule has 0 saturated heterocycles. The highest BCUT2D eigenvalue weighted by Crippen LogP contribution is 2.07. The van der Waals surface area contributed by atoms with Gasteiger partial charge in [0.15, 0.2) is 0 Å². The minimum atomic E-state index is 0.386.